The Morgan fingerprint density at radius 2 is 1.86 bits per heavy atom. The number of hydrogen-bond acceptors (Lipinski definition) is 4. The van der Waals surface area contributed by atoms with Crippen molar-refractivity contribution in [3.8, 4) is 0 Å². The molecule has 0 saturated carbocycles. The van der Waals surface area contributed by atoms with Gasteiger partial charge in [-0.15, -0.1) is 0 Å². The van der Waals surface area contributed by atoms with Gasteiger partial charge in [-0.05, 0) is 26.0 Å². The van der Waals surface area contributed by atoms with Crippen molar-refractivity contribution in [2.75, 3.05) is 32.8 Å². The van der Waals surface area contributed by atoms with Gasteiger partial charge in [-0.2, -0.15) is 0 Å². The summed E-state index contributed by atoms with van der Waals surface area (Å²) in [5.74, 6) is -0.0918. The molecule has 21 heavy (non-hydrogen) atoms. The molecule has 1 saturated heterocycles. The molecule has 2 heterocycles. The van der Waals surface area contributed by atoms with Crippen LogP contribution in [0.3, 0.4) is 0 Å². The number of amides is 2. The van der Waals surface area contributed by atoms with Crippen LogP contribution >= 0.6 is 11.6 Å². The van der Waals surface area contributed by atoms with Gasteiger partial charge < -0.3 is 14.5 Å². The van der Waals surface area contributed by atoms with E-state index < -0.39 is 0 Å². The van der Waals surface area contributed by atoms with E-state index in [-0.39, 0.29) is 12.0 Å². The van der Waals surface area contributed by atoms with E-state index in [9.17, 15) is 9.59 Å². The van der Waals surface area contributed by atoms with Crippen molar-refractivity contribution in [2.24, 2.45) is 0 Å². The van der Waals surface area contributed by atoms with Crippen LogP contribution < -0.4 is 0 Å². The minimum atomic E-state index is -0.326. The molecule has 1 aromatic rings. The summed E-state index contributed by atoms with van der Waals surface area (Å²) in [5.41, 5.74) is 1.23. The number of halogens is 1. The Bertz CT molecular complexity index is 522. The minimum Gasteiger partial charge on any atom is -0.450 e. The number of aryl methyl sites for hydroxylation is 1. The first-order valence-corrected chi connectivity index (χ1v) is 7.24. The zero-order valence-corrected chi connectivity index (χ0v) is 12.9. The maximum atomic E-state index is 12.4. The van der Waals surface area contributed by atoms with E-state index in [0.717, 1.165) is 0 Å². The van der Waals surface area contributed by atoms with Crippen LogP contribution in [0, 0.1) is 6.92 Å². The number of piperazine rings is 1. The van der Waals surface area contributed by atoms with Crippen molar-refractivity contribution in [2.45, 2.75) is 13.8 Å². The van der Waals surface area contributed by atoms with E-state index in [0.29, 0.717) is 49.2 Å². The number of rotatable bonds is 2. The van der Waals surface area contributed by atoms with E-state index in [4.69, 9.17) is 16.3 Å². The predicted octanol–water partition coefficient (Wildman–Crippen LogP) is 1.96. The molecule has 0 spiro atoms. The number of nitrogens with zero attached hydrogens (tertiary/aromatic N) is 3. The van der Waals surface area contributed by atoms with E-state index in [1.54, 1.807) is 35.8 Å². The summed E-state index contributed by atoms with van der Waals surface area (Å²) in [4.78, 5) is 31.4. The highest BCUT2D eigenvalue weighted by Crippen LogP contribution is 2.14. The molecule has 1 aliphatic rings. The Morgan fingerprint density at radius 1 is 1.24 bits per heavy atom. The molecule has 1 aliphatic heterocycles. The number of carbonyl (C=O) groups is 2. The SMILES string of the molecule is CCOC(=O)N1CCN(C(=O)c2cc(C)nc(Cl)c2)CC1. The Morgan fingerprint density at radius 3 is 2.43 bits per heavy atom. The molecule has 0 atom stereocenters. The Balaban J connectivity index is 1.98. The van der Waals surface area contributed by atoms with Gasteiger partial charge >= 0.3 is 6.09 Å². The number of aromatic nitrogens is 1. The van der Waals surface area contributed by atoms with Crippen LogP contribution in [-0.4, -0.2) is 59.6 Å². The molecule has 0 bridgehead atoms. The van der Waals surface area contributed by atoms with Crippen molar-refractivity contribution < 1.29 is 14.3 Å². The summed E-state index contributed by atoms with van der Waals surface area (Å²) in [6, 6.07) is 3.28. The zero-order chi connectivity index (χ0) is 15.4. The first kappa shape index (κ1) is 15.6. The van der Waals surface area contributed by atoms with Crippen LogP contribution in [0.15, 0.2) is 12.1 Å². The highest BCUT2D eigenvalue weighted by molar-refractivity contribution is 6.29. The molecule has 2 amide bonds. The predicted molar refractivity (Wildman–Crippen MR) is 78.5 cm³/mol. The molecule has 1 aromatic heterocycles. The lowest BCUT2D eigenvalue weighted by atomic mass is 10.2. The molecule has 6 nitrogen and oxygen atoms in total. The first-order valence-electron chi connectivity index (χ1n) is 6.86. The van der Waals surface area contributed by atoms with Gasteiger partial charge in [0, 0.05) is 37.4 Å². The van der Waals surface area contributed by atoms with Crippen LogP contribution in [-0.2, 0) is 4.74 Å². The molecule has 7 heteroatoms. The quantitative estimate of drug-likeness (QED) is 0.783. The number of pyridine rings is 1. The largest absolute Gasteiger partial charge is 0.450 e. The standard InChI is InChI=1S/C14H18ClN3O3/c1-3-21-14(20)18-6-4-17(5-7-18)13(19)11-8-10(2)16-12(15)9-11/h8-9H,3-7H2,1-2H3. The summed E-state index contributed by atoms with van der Waals surface area (Å²) in [5, 5.41) is 0.309. The Labute approximate surface area is 128 Å². The molecule has 0 aliphatic carbocycles. The lowest BCUT2D eigenvalue weighted by molar-refractivity contribution is 0.0570. The van der Waals surface area contributed by atoms with Gasteiger partial charge in [0.2, 0.25) is 0 Å². The third-order valence-corrected chi connectivity index (χ3v) is 3.46. The summed E-state index contributed by atoms with van der Waals surface area (Å²) >= 11 is 5.88. The van der Waals surface area contributed by atoms with Crippen LogP contribution in [0.2, 0.25) is 5.15 Å². The number of hydrogen-bond donors (Lipinski definition) is 0. The van der Waals surface area contributed by atoms with Crippen molar-refractivity contribution in [1.29, 1.82) is 0 Å². The monoisotopic (exact) mass is 311 g/mol. The third-order valence-electron chi connectivity index (χ3n) is 3.26. The summed E-state index contributed by atoms with van der Waals surface area (Å²) in [7, 11) is 0. The second kappa shape index (κ2) is 6.76. The maximum absolute atomic E-state index is 12.4. The van der Waals surface area contributed by atoms with Crippen LogP contribution in [0.4, 0.5) is 4.79 Å². The molecule has 0 radical (unpaired) electrons. The van der Waals surface area contributed by atoms with Crippen molar-refractivity contribution in [3.63, 3.8) is 0 Å². The van der Waals surface area contributed by atoms with Gasteiger partial charge in [0.1, 0.15) is 5.15 Å². The van der Waals surface area contributed by atoms with Gasteiger partial charge in [0.05, 0.1) is 6.61 Å². The van der Waals surface area contributed by atoms with E-state index >= 15 is 0 Å². The van der Waals surface area contributed by atoms with E-state index in [1.807, 2.05) is 0 Å². The van der Waals surface area contributed by atoms with Crippen molar-refractivity contribution >= 4 is 23.6 Å². The van der Waals surface area contributed by atoms with E-state index in [1.165, 1.54) is 0 Å². The van der Waals surface area contributed by atoms with Crippen LogP contribution in [0.25, 0.3) is 0 Å². The highest BCUT2D eigenvalue weighted by Gasteiger charge is 2.25. The summed E-state index contributed by atoms with van der Waals surface area (Å²) < 4.78 is 4.95. The van der Waals surface area contributed by atoms with Crippen molar-refractivity contribution in [3.05, 3.63) is 28.5 Å². The summed E-state index contributed by atoms with van der Waals surface area (Å²) in [6.45, 7) is 5.83. The van der Waals surface area contributed by atoms with Crippen LogP contribution in [0.1, 0.15) is 23.0 Å². The molecule has 2 rings (SSSR count). The third kappa shape index (κ3) is 3.85. The first-order chi connectivity index (χ1) is 10.0. The van der Waals surface area contributed by atoms with Crippen LogP contribution in [0.5, 0.6) is 0 Å². The molecule has 1 fully saturated rings. The maximum Gasteiger partial charge on any atom is 0.409 e. The second-order valence-corrected chi connectivity index (χ2v) is 5.19. The average molecular weight is 312 g/mol. The molecule has 114 valence electrons. The van der Waals surface area contributed by atoms with E-state index in [2.05, 4.69) is 4.98 Å². The highest BCUT2D eigenvalue weighted by atomic mass is 35.5. The van der Waals surface area contributed by atoms with Gasteiger partial charge in [0.25, 0.3) is 5.91 Å². The lowest BCUT2D eigenvalue weighted by Gasteiger charge is -2.34. The second-order valence-electron chi connectivity index (χ2n) is 4.80. The minimum absolute atomic E-state index is 0.0918. The number of carbonyl (C=O) groups excluding carboxylic acids is 2. The smallest absolute Gasteiger partial charge is 0.409 e. The fourth-order valence-corrected chi connectivity index (χ4v) is 2.49. The van der Waals surface area contributed by atoms with Gasteiger partial charge in [0.15, 0.2) is 0 Å². The van der Waals surface area contributed by atoms with Gasteiger partial charge in [-0.1, -0.05) is 11.6 Å². The molecule has 0 unspecified atom stereocenters. The topological polar surface area (TPSA) is 62.7 Å². The Kier molecular flexibility index (Phi) is 5.01. The van der Waals surface area contributed by atoms with Gasteiger partial charge in [-0.3, -0.25) is 4.79 Å². The fraction of sp³-hybridized carbons (Fsp3) is 0.500. The molecular weight excluding hydrogens is 294 g/mol. The van der Waals surface area contributed by atoms with Gasteiger partial charge in [-0.25, -0.2) is 9.78 Å². The average Bonchev–Trinajstić information content (AvgIpc) is 2.46. The normalized spacial score (nSPS) is 15.0. The Hall–Kier alpha value is -1.82. The summed E-state index contributed by atoms with van der Waals surface area (Å²) in [6.07, 6.45) is -0.326. The molecular formula is C14H18ClN3O3. The van der Waals surface area contributed by atoms with Crippen molar-refractivity contribution in [1.82, 2.24) is 14.8 Å². The zero-order valence-electron chi connectivity index (χ0n) is 12.1. The molecule has 0 N–H and O–H groups in total. The number of ether oxygens (including phenoxy) is 1. The molecule has 0 aromatic carbocycles. The lowest BCUT2D eigenvalue weighted by Crippen LogP contribution is -2.50. The fourth-order valence-electron chi connectivity index (χ4n) is 2.24.